The lowest BCUT2D eigenvalue weighted by Gasteiger charge is -2.05. The van der Waals surface area contributed by atoms with Gasteiger partial charge in [-0.15, -0.1) is 11.8 Å². The molecule has 0 radical (unpaired) electrons. The number of rotatable bonds is 24. The van der Waals surface area contributed by atoms with E-state index in [1.807, 2.05) is 18.2 Å². The Bertz CT molecular complexity index is 501. The van der Waals surface area contributed by atoms with E-state index in [9.17, 15) is 5.11 Å². The lowest BCUT2D eigenvalue weighted by atomic mass is 10.0. The first-order valence-corrected chi connectivity index (χ1v) is 15.2. The van der Waals surface area contributed by atoms with Crippen LogP contribution in [0.3, 0.4) is 0 Å². The Balaban J connectivity index is 1.68. The summed E-state index contributed by atoms with van der Waals surface area (Å²) in [7, 11) is 0. The van der Waals surface area contributed by atoms with E-state index in [-0.39, 0.29) is 0 Å². The van der Waals surface area contributed by atoms with Crippen molar-refractivity contribution in [1.29, 1.82) is 0 Å². The van der Waals surface area contributed by atoms with Gasteiger partial charge in [0, 0.05) is 4.90 Å². The van der Waals surface area contributed by atoms with Gasteiger partial charge >= 0.3 is 0 Å². The molecule has 1 aromatic rings. The van der Waals surface area contributed by atoms with E-state index >= 15 is 0 Å². The van der Waals surface area contributed by atoms with E-state index < -0.39 is 0 Å². The van der Waals surface area contributed by atoms with Crippen LogP contribution in [0.1, 0.15) is 148 Å². The molecule has 0 aromatic heterocycles. The molecular weight excluding hydrogens is 408 g/mol. The Labute approximate surface area is 205 Å². The molecule has 0 bridgehead atoms. The quantitative estimate of drug-likeness (QED) is 0.122. The number of hydrogen-bond acceptors (Lipinski definition) is 2. The van der Waals surface area contributed by atoms with Crippen molar-refractivity contribution < 1.29 is 5.11 Å². The van der Waals surface area contributed by atoms with Crippen molar-refractivity contribution in [3.05, 3.63) is 24.3 Å². The first-order chi connectivity index (χ1) is 15.8. The van der Waals surface area contributed by atoms with Gasteiger partial charge in [0.15, 0.2) is 0 Å². The Kier molecular flexibility index (Phi) is 21.6. The van der Waals surface area contributed by atoms with Gasteiger partial charge in [0.05, 0.1) is 0 Å². The van der Waals surface area contributed by atoms with Gasteiger partial charge in [-0.2, -0.15) is 0 Å². The molecule has 0 unspecified atom stereocenters. The number of phenols is 1. The average Bonchev–Trinajstić information content (AvgIpc) is 2.80. The van der Waals surface area contributed by atoms with Gasteiger partial charge in [-0.25, -0.2) is 0 Å². The fourth-order valence-electron chi connectivity index (χ4n) is 4.47. The van der Waals surface area contributed by atoms with Crippen LogP contribution in [0, 0.1) is 0 Å². The van der Waals surface area contributed by atoms with E-state index in [1.165, 1.54) is 141 Å². The van der Waals surface area contributed by atoms with E-state index in [4.69, 9.17) is 0 Å². The normalized spacial score (nSPS) is 11.3. The molecule has 32 heavy (non-hydrogen) atoms. The molecule has 0 atom stereocenters. The third-order valence-electron chi connectivity index (χ3n) is 6.62. The molecule has 1 rings (SSSR count). The monoisotopic (exact) mass is 462 g/mol. The number of unbranched alkanes of at least 4 members (excludes halogenated alkanes) is 21. The fraction of sp³-hybridized carbons (Fsp3) is 0.800. The van der Waals surface area contributed by atoms with E-state index in [0.717, 1.165) is 10.6 Å². The maximum Gasteiger partial charge on any atom is 0.129 e. The van der Waals surface area contributed by atoms with Crippen LogP contribution >= 0.6 is 11.8 Å². The minimum atomic E-state index is 0.427. The van der Waals surface area contributed by atoms with Crippen LogP contribution in [0.15, 0.2) is 29.2 Å². The van der Waals surface area contributed by atoms with Crippen LogP contribution < -0.4 is 0 Å². The predicted octanol–water partition coefficient (Wildman–Crippen LogP) is 11.1. The second kappa shape index (κ2) is 23.5. The molecule has 0 heterocycles. The Morgan fingerprint density at radius 2 is 0.844 bits per heavy atom. The SMILES string of the molecule is CCCCCCCCCCCCCCCCCCCCCCCCSc1ccccc1O. The fourth-order valence-corrected chi connectivity index (χ4v) is 5.43. The van der Waals surface area contributed by atoms with E-state index in [1.54, 1.807) is 17.8 Å². The summed E-state index contributed by atoms with van der Waals surface area (Å²) in [5.74, 6) is 1.55. The number of phenolic OH excluding ortho intramolecular Hbond substituents is 1. The van der Waals surface area contributed by atoms with Crippen molar-refractivity contribution in [1.82, 2.24) is 0 Å². The van der Waals surface area contributed by atoms with Crippen molar-refractivity contribution in [3.63, 3.8) is 0 Å². The average molecular weight is 463 g/mol. The first kappa shape index (κ1) is 29.4. The minimum absolute atomic E-state index is 0.427. The third kappa shape index (κ3) is 18.9. The molecule has 0 aliphatic heterocycles. The van der Waals surface area contributed by atoms with Gasteiger partial charge < -0.3 is 5.11 Å². The highest BCUT2D eigenvalue weighted by molar-refractivity contribution is 7.99. The first-order valence-electron chi connectivity index (χ1n) is 14.3. The molecule has 186 valence electrons. The van der Waals surface area contributed by atoms with Crippen molar-refractivity contribution in [2.75, 3.05) is 5.75 Å². The van der Waals surface area contributed by atoms with Crippen molar-refractivity contribution >= 4 is 11.8 Å². The molecule has 0 spiro atoms. The smallest absolute Gasteiger partial charge is 0.129 e. The summed E-state index contributed by atoms with van der Waals surface area (Å²) in [6.07, 6.45) is 31.6. The molecule has 1 N–H and O–H groups in total. The number of thioether (sulfide) groups is 1. The van der Waals surface area contributed by atoms with Crippen LogP contribution in [-0.2, 0) is 0 Å². The summed E-state index contributed by atoms with van der Waals surface area (Å²) < 4.78 is 0. The predicted molar refractivity (Wildman–Crippen MR) is 146 cm³/mol. The maximum atomic E-state index is 9.77. The second-order valence-corrected chi connectivity index (χ2v) is 10.9. The van der Waals surface area contributed by atoms with Crippen LogP contribution in [-0.4, -0.2) is 10.9 Å². The van der Waals surface area contributed by atoms with Crippen LogP contribution in [0.5, 0.6) is 5.75 Å². The molecule has 0 saturated heterocycles. The van der Waals surface area contributed by atoms with Gasteiger partial charge in [-0.1, -0.05) is 154 Å². The summed E-state index contributed by atoms with van der Waals surface area (Å²) in [6.45, 7) is 2.30. The Hall–Kier alpha value is -0.630. The summed E-state index contributed by atoms with van der Waals surface area (Å²) in [5, 5.41) is 9.77. The summed E-state index contributed by atoms with van der Waals surface area (Å²) in [6, 6.07) is 7.68. The van der Waals surface area contributed by atoms with Crippen molar-refractivity contribution in [2.24, 2.45) is 0 Å². The molecule has 0 saturated carbocycles. The van der Waals surface area contributed by atoms with Gasteiger partial charge in [-0.3, -0.25) is 0 Å². The zero-order chi connectivity index (χ0) is 23.0. The molecule has 0 fully saturated rings. The number of hydrogen-bond donors (Lipinski definition) is 1. The van der Waals surface area contributed by atoms with E-state index in [0.29, 0.717) is 5.75 Å². The zero-order valence-electron chi connectivity index (χ0n) is 21.4. The molecule has 0 amide bonds. The molecule has 1 aromatic carbocycles. The topological polar surface area (TPSA) is 20.2 Å². The summed E-state index contributed by atoms with van der Waals surface area (Å²) in [4.78, 5) is 1.02. The second-order valence-electron chi connectivity index (χ2n) is 9.74. The number of aromatic hydroxyl groups is 1. The lowest BCUT2D eigenvalue weighted by molar-refractivity contribution is 0.462. The van der Waals surface area contributed by atoms with Gasteiger partial charge in [0.1, 0.15) is 5.75 Å². The standard InChI is InChI=1S/C30H54OS/c1-2-3-4-5-6-7-8-9-10-11-12-13-14-15-16-17-18-19-20-21-22-25-28-32-30-27-24-23-26-29(30)31/h23-24,26-27,31H,2-22,25,28H2,1H3. The van der Waals surface area contributed by atoms with Crippen molar-refractivity contribution in [2.45, 2.75) is 153 Å². The highest BCUT2D eigenvalue weighted by Gasteiger charge is 2.00. The minimum Gasteiger partial charge on any atom is -0.507 e. The lowest BCUT2D eigenvalue weighted by Crippen LogP contribution is -1.85. The van der Waals surface area contributed by atoms with Gasteiger partial charge in [0.2, 0.25) is 0 Å². The molecular formula is C30H54OS. The molecule has 1 nitrogen and oxygen atoms in total. The third-order valence-corrected chi connectivity index (χ3v) is 7.77. The molecule has 2 heteroatoms. The maximum absolute atomic E-state index is 9.77. The largest absolute Gasteiger partial charge is 0.507 e. The van der Waals surface area contributed by atoms with Gasteiger partial charge in [0.25, 0.3) is 0 Å². The van der Waals surface area contributed by atoms with Crippen LogP contribution in [0.25, 0.3) is 0 Å². The molecule has 0 aliphatic rings. The summed E-state index contributed by atoms with van der Waals surface area (Å²) in [5.41, 5.74) is 0. The zero-order valence-corrected chi connectivity index (χ0v) is 22.2. The van der Waals surface area contributed by atoms with Gasteiger partial charge in [-0.05, 0) is 24.3 Å². The highest BCUT2D eigenvalue weighted by Crippen LogP contribution is 2.28. The summed E-state index contributed by atoms with van der Waals surface area (Å²) >= 11 is 1.79. The van der Waals surface area contributed by atoms with E-state index in [2.05, 4.69) is 6.92 Å². The van der Waals surface area contributed by atoms with Crippen LogP contribution in [0.4, 0.5) is 0 Å². The van der Waals surface area contributed by atoms with Crippen molar-refractivity contribution in [3.8, 4) is 5.75 Å². The van der Waals surface area contributed by atoms with Crippen LogP contribution in [0.2, 0.25) is 0 Å². The number of para-hydroxylation sites is 1. The molecule has 0 aliphatic carbocycles. The number of benzene rings is 1. The Morgan fingerprint density at radius 1 is 0.500 bits per heavy atom. The highest BCUT2D eigenvalue weighted by atomic mass is 32.2. The Morgan fingerprint density at radius 3 is 1.22 bits per heavy atom.